The second-order valence-corrected chi connectivity index (χ2v) is 4.46. The first-order valence-electron chi connectivity index (χ1n) is 6.12. The molecule has 0 bridgehead atoms. The monoisotopic (exact) mass is 228 g/mol. The predicted molar refractivity (Wildman–Crippen MR) is 66.8 cm³/mol. The van der Waals surface area contributed by atoms with Crippen molar-refractivity contribution in [3.8, 4) is 11.3 Å². The lowest BCUT2D eigenvalue weighted by atomic mass is 9.96. The highest BCUT2D eigenvalue weighted by atomic mass is 16.5. The summed E-state index contributed by atoms with van der Waals surface area (Å²) in [5.74, 6) is 0.578. The Hall–Kier alpha value is -1.61. The minimum absolute atomic E-state index is 0.578. The van der Waals surface area contributed by atoms with E-state index in [0.717, 1.165) is 31.7 Å². The largest absolute Gasteiger partial charge is 0.381 e. The summed E-state index contributed by atoms with van der Waals surface area (Å²) < 4.78 is 5.38. The van der Waals surface area contributed by atoms with Crippen LogP contribution in [0.2, 0.25) is 0 Å². The Morgan fingerprint density at radius 2 is 1.88 bits per heavy atom. The van der Waals surface area contributed by atoms with Crippen LogP contribution in [0.1, 0.15) is 24.5 Å². The summed E-state index contributed by atoms with van der Waals surface area (Å²) in [6.07, 6.45) is 2.19. The quantitative estimate of drug-likeness (QED) is 0.858. The van der Waals surface area contributed by atoms with Gasteiger partial charge < -0.3 is 4.74 Å². The molecule has 0 amide bonds. The van der Waals surface area contributed by atoms with Gasteiger partial charge in [0.15, 0.2) is 0 Å². The Balaban J connectivity index is 1.83. The molecule has 0 spiro atoms. The van der Waals surface area contributed by atoms with Gasteiger partial charge in [-0.05, 0) is 18.9 Å². The summed E-state index contributed by atoms with van der Waals surface area (Å²) in [4.78, 5) is 0. The van der Waals surface area contributed by atoms with Gasteiger partial charge in [0, 0.05) is 30.4 Å². The molecular formula is C14H16N2O. The van der Waals surface area contributed by atoms with Crippen molar-refractivity contribution in [2.75, 3.05) is 13.2 Å². The number of benzene rings is 1. The normalized spacial score (nSPS) is 17.2. The zero-order valence-corrected chi connectivity index (χ0v) is 9.73. The van der Waals surface area contributed by atoms with Crippen molar-refractivity contribution in [1.29, 1.82) is 0 Å². The number of aromatic amines is 1. The predicted octanol–water partition coefficient (Wildman–Crippen LogP) is 2.97. The molecule has 1 saturated heterocycles. The first kappa shape index (κ1) is 10.5. The van der Waals surface area contributed by atoms with Crippen molar-refractivity contribution in [3.05, 3.63) is 42.1 Å². The topological polar surface area (TPSA) is 37.9 Å². The Bertz CT molecular complexity index is 472. The van der Waals surface area contributed by atoms with Crippen LogP contribution in [0.4, 0.5) is 0 Å². The SMILES string of the molecule is c1ccc(-c2cc(C3CCOCC3)[nH]n2)cc1. The van der Waals surface area contributed by atoms with Gasteiger partial charge >= 0.3 is 0 Å². The number of ether oxygens (including phenoxy) is 1. The smallest absolute Gasteiger partial charge is 0.0923 e. The van der Waals surface area contributed by atoms with Gasteiger partial charge in [0.25, 0.3) is 0 Å². The lowest BCUT2D eigenvalue weighted by Crippen LogP contribution is -2.14. The highest BCUT2D eigenvalue weighted by Crippen LogP contribution is 2.28. The van der Waals surface area contributed by atoms with Gasteiger partial charge in [-0.25, -0.2) is 0 Å². The molecule has 0 radical (unpaired) electrons. The van der Waals surface area contributed by atoms with Gasteiger partial charge in [-0.3, -0.25) is 5.10 Å². The maximum absolute atomic E-state index is 5.38. The van der Waals surface area contributed by atoms with Crippen LogP contribution in [0.15, 0.2) is 36.4 Å². The van der Waals surface area contributed by atoms with Crippen LogP contribution < -0.4 is 0 Å². The number of nitrogens with one attached hydrogen (secondary N) is 1. The first-order chi connectivity index (χ1) is 8.43. The Kier molecular flexibility index (Phi) is 2.92. The summed E-state index contributed by atoms with van der Waals surface area (Å²) in [5.41, 5.74) is 3.45. The van der Waals surface area contributed by atoms with Crippen molar-refractivity contribution >= 4 is 0 Å². The fourth-order valence-electron chi connectivity index (χ4n) is 2.31. The van der Waals surface area contributed by atoms with E-state index in [1.165, 1.54) is 11.3 Å². The number of aromatic nitrogens is 2. The molecule has 17 heavy (non-hydrogen) atoms. The number of nitrogens with zero attached hydrogens (tertiary/aromatic N) is 1. The molecule has 1 aliphatic heterocycles. The zero-order chi connectivity index (χ0) is 11.5. The maximum Gasteiger partial charge on any atom is 0.0923 e. The van der Waals surface area contributed by atoms with Crippen molar-refractivity contribution in [2.24, 2.45) is 0 Å². The highest BCUT2D eigenvalue weighted by molar-refractivity contribution is 5.59. The van der Waals surface area contributed by atoms with Crippen LogP contribution >= 0.6 is 0 Å². The van der Waals surface area contributed by atoms with Gasteiger partial charge in [-0.1, -0.05) is 30.3 Å². The second kappa shape index (κ2) is 4.72. The summed E-state index contributed by atoms with van der Waals surface area (Å²) in [7, 11) is 0. The van der Waals surface area contributed by atoms with E-state index in [9.17, 15) is 0 Å². The summed E-state index contributed by atoms with van der Waals surface area (Å²) in [6, 6.07) is 12.4. The summed E-state index contributed by atoms with van der Waals surface area (Å²) in [5, 5.41) is 7.56. The first-order valence-corrected chi connectivity index (χ1v) is 6.12. The third-order valence-corrected chi connectivity index (χ3v) is 3.33. The molecule has 3 nitrogen and oxygen atoms in total. The third-order valence-electron chi connectivity index (χ3n) is 3.33. The Labute approximate surface area is 101 Å². The van der Waals surface area contributed by atoms with Crippen molar-refractivity contribution in [2.45, 2.75) is 18.8 Å². The fourth-order valence-corrected chi connectivity index (χ4v) is 2.31. The molecule has 0 atom stereocenters. The van der Waals surface area contributed by atoms with E-state index in [4.69, 9.17) is 4.74 Å². The van der Waals surface area contributed by atoms with E-state index >= 15 is 0 Å². The highest BCUT2D eigenvalue weighted by Gasteiger charge is 2.18. The lowest BCUT2D eigenvalue weighted by Gasteiger charge is -2.20. The van der Waals surface area contributed by atoms with E-state index in [1.807, 2.05) is 18.2 Å². The maximum atomic E-state index is 5.38. The zero-order valence-electron chi connectivity index (χ0n) is 9.73. The van der Waals surface area contributed by atoms with E-state index < -0.39 is 0 Å². The van der Waals surface area contributed by atoms with Gasteiger partial charge in [0.2, 0.25) is 0 Å². The molecule has 1 N–H and O–H groups in total. The third kappa shape index (κ3) is 2.24. The molecular weight excluding hydrogens is 212 g/mol. The standard InChI is InChI=1S/C14H16N2O/c1-2-4-11(5-3-1)13-10-14(16-15-13)12-6-8-17-9-7-12/h1-5,10,12H,6-9H2,(H,15,16). The molecule has 1 aliphatic rings. The van der Waals surface area contributed by atoms with Crippen LogP contribution in [-0.2, 0) is 4.74 Å². The molecule has 3 heteroatoms. The Morgan fingerprint density at radius 1 is 1.12 bits per heavy atom. The summed E-state index contributed by atoms with van der Waals surface area (Å²) in [6.45, 7) is 1.73. The molecule has 0 saturated carbocycles. The molecule has 1 aromatic heterocycles. The van der Waals surface area contributed by atoms with Gasteiger partial charge in [0.1, 0.15) is 0 Å². The molecule has 0 aliphatic carbocycles. The average Bonchev–Trinajstić information content (AvgIpc) is 2.90. The Morgan fingerprint density at radius 3 is 2.65 bits per heavy atom. The minimum Gasteiger partial charge on any atom is -0.381 e. The van der Waals surface area contributed by atoms with Crippen LogP contribution in [0.5, 0.6) is 0 Å². The van der Waals surface area contributed by atoms with E-state index in [1.54, 1.807) is 0 Å². The molecule has 3 rings (SSSR count). The second-order valence-electron chi connectivity index (χ2n) is 4.46. The number of rotatable bonds is 2. The number of hydrogen-bond acceptors (Lipinski definition) is 2. The molecule has 0 unspecified atom stereocenters. The molecule has 2 heterocycles. The van der Waals surface area contributed by atoms with Crippen LogP contribution in [0, 0.1) is 0 Å². The van der Waals surface area contributed by atoms with E-state index in [2.05, 4.69) is 28.4 Å². The van der Waals surface area contributed by atoms with Gasteiger partial charge in [-0.2, -0.15) is 5.10 Å². The number of hydrogen-bond donors (Lipinski definition) is 1. The van der Waals surface area contributed by atoms with Crippen molar-refractivity contribution in [1.82, 2.24) is 10.2 Å². The van der Waals surface area contributed by atoms with Crippen LogP contribution in [-0.4, -0.2) is 23.4 Å². The minimum atomic E-state index is 0.578. The van der Waals surface area contributed by atoms with Crippen LogP contribution in [0.25, 0.3) is 11.3 Å². The van der Waals surface area contributed by atoms with E-state index in [-0.39, 0.29) is 0 Å². The molecule has 1 aromatic carbocycles. The molecule has 88 valence electrons. The van der Waals surface area contributed by atoms with Gasteiger partial charge in [-0.15, -0.1) is 0 Å². The summed E-state index contributed by atoms with van der Waals surface area (Å²) >= 11 is 0. The lowest BCUT2D eigenvalue weighted by molar-refractivity contribution is 0.0845. The number of H-pyrrole nitrogens is 1. The fraction of sp³-hybridized carbons (Fsp3) is 0.357. The van der Waals surface area contributed by atoms with Gasteiger partial charge in [0.05, 0.1) is 5.69 Å². The van der Waals surface area contributed by atoms with E-state index in [0.29, 0.717) is 5.92 Å². The average molecular weight is 228 g/mol. The van der Waals surface area contributed by atoms with Crippen molar-refractivity contribution in [3.63, 3.8) is 0 Å². The molecule has 2 aromatic rings. The molecule has 1 fully saturated rings. The van der Waals surface area contributed by atoms with Crippen LogP contribution in [0.3, 0.4) is 0 Å². The van der Waals surface area contributed by atoms with Crippen molar-refractivity contribution < 1.29 is 4.74 Å².